The van der Waals surface area contributed by atoms with Gasteiger partial charge >= 0.3 is 0 Å². The second kappa shape index (κ2) is 3.56. The molecule has 0 fully saturated rings. The van der Waals surface area contributed by atoms with Crippen LogP contribution in [0, 0.1) is 6.92 Å². The Kier molecular flexibility index (Phi) is 2.16. The highest BCUT2D eigenvalue weighted by Crippen LogP contribution is 2.26. The zero-order valence-electron chi connectivity index (χ0n) is 9.81. The van der Waals surface area contributed by atoms with Crippen LogP contribution in [-0.4, -0.2) is 31.2 Å². The molecule has 0 bridgehead atoms. The number of fused-ring (bicyclic) bond motifs is 3. The Balaban J connectivity index is 2.46. The predicted molar refractivity (Wildman–Crippen MR) is 65.9 cm³/mol. The van der Waals surface area contributed by atoms with Gasteiger partial charge in [-0.25, -0.2) is 9.97 Å². The van der Waals surface area contributed by atoms with Crippen molar-refractivity contribution in [1.82, 2.24) is 19.5 Å². The van der Waals surface area contributed by atoms with Gasteiger partial charge in [0.15, 0.2) is 0 Å². The molecule has 5 nitrogen and oxygen atoms in total. The lowest BCUT2D eigenvalue weighted by atomic mass is 10.2. The van der Waals surface area contributed by atoms with Crippen LogP contribution >= 0.6 is 0 Å². The van der Waals surface area contributed by atoms with Gasteiger partial charge in [-0.1, -0.05) is 0 Å². The van der Waals surface area contributed by atoms with Crippen LogP contribution < -0.4 is 0 Å². The number of rotatable bonds is 2. The molecule has 88 valence electrons. The first kappa shape index (κ1) is 10.3. The van der Waals surface area contributed by atoms with Gasteiger partial charge in [-0.05, 0) is 19.9 Å². The number of aryl methyl sites for hydroxylation is 1. The normalized spacial score (nSPS) is 13.6. The highest BCUT2D eigenvalue weighted by molar-refractivity contribution is 6.01. The standard InChI is InChI=1S/C12H14N4O/c1-7(6-17)16-8(2)15-10-5-14-12-9(11(10)16)3-4-13-12/h3-5,7,17H,6H2,1-2H3,(H,13,14)/t7-/m0/s1. The fourth-order valence-electron chi connectivity index (χ4n) is 2.33. The molecule has 17 heavy (non-hydrogen) atoms. The topological polar surface area (TPSA) is 66.7 Å². The molecular formula is C12H14N4O. The Bertz CT molecular complexity index is 682. The van der Waals surface area contributed by atoms with E-state index in [1.54, 1.807) is 6.20 Å². The molecule has 0 aliphatic carbocycles. The summed E-state index contributed by atoms with van der Waals surface area (Å²) in [4.78, 5) is 11.9. The maximum absolute atomic E-state index is 9.34. The summed E-state index contributed by atoms with van der Waals surface area (Å²) in [6.07, 6.45) is 3.63. The Morgan fingerprint density at radius 1 is 1.53 bits per heavy atom. The van der Waals surface area contributed by atoms with Crippen molar-refractivity contribution in [3.63, 3.8) is 0 Å². The summed E-state index contributed by atoms with van der Waals surface area (Å²) in [7, 11) is 0. The van der Waals surface area contributed by atoms with E-state index in [4.69, 9.17) is 0 Å². The molecule has 3 aromatic rings. The van der Waals surface area contributed by atoms with E-state index in [2.05, 4.69) is 19.5 Å². The summed E-state index contributed by atoms with van der Waals surface area (Å²) >= 11 is 0. The lowest BCUT2D eigenvalue weighted by molar-refractivity contribution is 0.240. The maximum Gasteiger partial charge on any atom is 0.139 e. The van der Waals surface area contributed by atoms with Crippen molar-refractivity contribution < 1.29 is 5.11 Å². The molecule has 3 rings (SSSR count). The van der Waals surface area contributed by atoms with E-state index in [1.807, 2.05) is 26.1 Å². The second-order valence-corrected chi connectivity index (χ2v) is 4.29. The Morgan fingerprint density at radius 2 is 2.35 bits per heavy atom. The number of pyridine rings is 1. The van der Waals surface area contributed by atoms with E-state index in [0.717, 1.165) is 27.9 Å². The molecule has 0 unspecified atom stereocenters. The number of hydrogen-bond donors (Lipinski definition) is 2. The Morgan fingerprint density at radius 3 is 3.12 bits per heavy atom. The first-order valence-electron chi connectivity index (χ1n) is 5.64. The Hall–Kier alpha value is -1.88. The number of aromatic nitrogens is 4. The number of aliphatic hydroxyl groups excluding tert-OH is 1. The summed E-state index contributed by atoms with van der Waals surface area (Å²) < 4.78 is 2.06. The van der Waals surface area contributed by atoms with Gasteiger partial charge in [-0.15, -0.1) is 0 Å². The minimum atomic E-state index is 0.0144. The lowest BCUT2D eigenvalue weighted by Gasteiger charge is -2.13. The summed E-state index contributed by atoms with van der Waals surface area (Å²) in [5, 5.41) is 10.4. The summed E-state index contributed by atoms with van der Waals surface area (Å²) in [5.74, 6) is 0.900. The molecule has 0 aliphatic rings. The minimum absolute atomic E-state index is 0.0144. The van der Waals surface area contributed by atoms with Gasteiger partial charge in [0.1, 0.15) is 17.0 Å². The number of hydrogen-bond acceptors (Lipinski definition) is 3. The van der Waals surface area contributed by atoms with E-state index >= 15 is 0 Å². The van der Waals surface area contributed by atoms with E-state index in [0.29, 0.717) is 0 Å². The van der Waals surface area contributed by atoms with Crippen LogP contribution in [0.2, 0.25) is 0 Å². The van der Waals surface area contributed by atoms with Crippen LogP contribution in [0.1, 0.15) is 18.8 Å². The van der Waals surface area contributed by atoms with Crippen molar-refractivity contribution in [2.45, 2.75) is 19.9 Å². The fourth-order valence-corrected chi connectivity index (χ4v) is 2.33. The van der Waals surface area contributed by atoms with Gasteiger partial charge in [0.05, 0.1) is 24.4 Å². The van der Waals surface area contributed by atoms with Crippen molar-refractivity contribution >= 4 is 22.1 Å². The third-order valence-corrected chi connectivity index (χ3v) is 3.12. The van der Waals surface area contributed by atoms with E-state index in [-0.39, 0.29) is 12.6 Å². The zero-order valence-corrected chi connectivity index (χ0v) is 9.81. The van der Waals surface area contributed by atoms with Gasteiger partial charge in [0, 0.05) is 11.6 Å². The van der Waals surface area contributed by atoms with Crippen molar-refractivity contribution in [2.24, 2.45) is 0 Å². The predicted octanol–water partition coefficient (Wildman–Crippen LogP) is 1.77. The number of aliphatic hydroxyl groups is 1. The molecule has 0 saturated heterocycles. The molecule has 0 spiro atoms. The molecule has 0 amide bonds. The third kappa shape index (κ3) is 1.36. The number of nitrogens with zero attached hydrogens (tertiary/aromatic N) is 3. The summed E-state index contributed by atoms with van der Waals surface area (Å²) in [5.41, 5.74) is 2.76. The van der Waals surface area contributed by atoms with Crippen molar-refractivity contribution in [2.75, 3.05) is 6.61 Å². The summed E-state index contributed by atoms with van der Waals surface area (Å²) in [6.45, 7) is 4.03. The fraction of sp³-hybridized carbons (Fsp3) is 0.333. The van der Waals surface area contributed by atoms with E-state index < -0.39 is 0 Å². The van der Waals surface area contributed by atoms with E-state index in [9.17, 15) is 5.11 Å². The molecule has 3 aromatic heterocycles. The first-order valence-corrected chi connectivity index (χ1v) is 5.64. The van der Waals surface area contributed by atoms with Gasteiger partial charge in [0.2, 0.25) is 0 Å². The zero-order chi connectivity index (χ0) is 12.0. The van der Waals surface area contributed by atoms with Crippen LogP contribution in [0.5, 0.6) is 0 Å². The third-order valence-electron chi connectivity index (χ3n) is 3.12. The lowest BCUT2D eigenvalue weighted by Crippen LogP contribution is -2.10. The Labute approximate surface area is 98.1 Å². The largest absolute Gasteiger partial charge is 0.394 e. The van der Waals surface area contributed by atoms with Crippen LogP contribution in [0.25, 0.3) is 22.1 Å². The van der Waals surface area contributed by atoms with Gasteiger partial charge in [0.25, 0.3) is 0 Å². The molecule has 0 aromatic carbocycles. The second-order valence-electron chi connectivity index (χ2n) is 4.29. The molecule has 0 aliphatic heterocycles. The molecule has 2 N–H and O–H groups in total. The van der Waals surface area contributed by atoms with Gasteiger partial charge in [-0.3, -0.25) is 0 Å². The van der Waals surface area contributed by atoms with Crippen LogP contribution in [-0.2, 0) is 0 Å². The minimum Gasteiger partial charge on any atom is -0.394 e. The molecule has 5 heteroatoms. The molecule has 0 saturated carbocycles. The van der Waals surface area contributed by atoms with Gasteiger partial charge in [-0.2, -0.15) is 0 Å². The quantitative estimate of drug-likeness (QED) is 0.705. The van der Waals surface area contributed by atoms with Gasteiger partial charge < -0.3 is 14.7 Å². The van der Waals surface area contributed by atoms with Crippen molar-refractivity contribution in [3.8, 4) is 0 Å². The molecule has 1 atom stereocenters. The average molecular weight is 230 g/mol. The average Bonchev–Trinajstić information content (AvgIpc) is 2.90. The molecule has 0 radical (unpaired) electrons. The van der Waals surface area contributed by atoms with E-state index in [1.165, 1.54) is 0 Å². The maximum atomic E-state index is 9.34. The highest BCUT2D eigenvalue weighted by Gasteiger charge is 2.15. The molecular weight excluding hydrogens is 216 g/mol. The number of nitrogens with one attached hydrogen (secondary N) is 1. The smallest absolute Gasteiger partial charge is 0.139 e. The van der Waals surface area contributed by atoms with Crippen molar-refractivity contribution in [3.05, 3.63) is 24.3 Å². The number of H-pyrrole nitrogens is 1. The summed E-state index contributed by atoms with van der Waals surface area (Å²) in [6, 6.07) is 2.01. The van der Waals surface area contributed by atoms with Crippen LogP contribution in [0.15, 0.2) is 18.5 Å². The van der Waals surface area contributed by atoms with Crippen molar-refractivity contribution in [1.29, 1.82) is 0 Å². The van der Waals surface area contributed by atoms with Crippen LogP contribution in [0.4, 0.5) is 0 Å². The van der Waals surface area contributed by atoms with Crippen LogP contribution in [0.3, 0.4) is 0 Å². The monoisotopic (exact) mass is 230 g/mol. The highest BCUT2D eigenvalue weighted by atomic mass is 16.3. The SMILES string of the molecule is Cc1nc2cnc3[nH]ccc3c2n1[C@@H](C)CO. The molecule has 3 heterocycles. The number of aromatic amines is 1. The number of imidazole rings is 1. The first-order chi connectivity index (χ1) is 8.22.